The molecule has 0 aromatic rings. The van der Waals surface area contributed by atoms with E-state index in [1.54, 1.807) is 11.0 Å². The van der Waals surface area contributed by atoms with Gasteiger partial charge >= 0.3 is 6.09 Å². The minimum absolute atomic E-state index is 0.284. The monoisotopic (exact) mass is 227 g/mol. The van der Waals surface area contributed by atoms with E-state index in [4.69, 9.17) is 4.74 Å². The van der Waals surface area contributed by atoms with Crippen molar-refractivity contribution in [3.63, 3.8) is 0 Å². The molecule has 0 aromatic heterocycles. The van der Waals surface area contributed by atoms with Gasteiger partial charge in [-0.25, -0.2) is 4.79 Å². The second-order valence-electron chi connectivity index (χ2n) is 5.06. The fourth-order valence-corrected chi connectivity index (χ4v) is 1.52. The number of aliphatic hydroxyl groups excluding tert-OH is 1. The van der Waals surface area contributed by atoms with E-state index in [2.05, 4.69) is 0 Å². The Hall–Kier alpha value is -1.03. The van der Waals surface area contributed by atoms with Crippen molar-refractivity contribution in [2.24, 2.45) is 0 Å². The minimum atomic E-state index is -0.456. The van der Waals surface area contributed by atoms with Crippen molar-refractivity contribution in [3.8, 4) is 0 Å². The highest BCUT2D eigenvalue weighted by atomic mass is 16.6. The third-order valence-corrected chi connectivity index (χ3v) is 2.26. The number of nitrogens with zero attached hydrogens (tertiary/aromatic N) is 1. The summed E-state index contributed by atoms with van der Waals surface area (Å²) >= 11 is 0. The second-order valence-corrected chi connectivity index (χ2v) is 5.06. The Bertz CT molecular complexity index is 268. The Morgan fingerprint density at radius 3 is 2.81 bits per heavy atom. The first-order valence-corrected chi connectivity index (χ1v) is 5.71. The Kier molecular flexibility index (Phi) is 4.35. The lowest BCUT2D eigenvalue weighted by Gasteiger charge is -2.27. The van der Waals surface area contributed by atoms with Crippen molar-refractivity contribution >= 4 is 6.09 Å². The zero-order valence-electron chi connectivity index (χ0n) is 10.3. The van der Waals surface area contributed by atoms with Crippen molar-refractivity contribution in [1.29, 1.82) is 0 Å². The fraction of sp³-hybridized carbons (Fsp3) is 0.750. The average Bonchev–Trinajstić information content (AvgIpc) is 2.07. The second kappa shape index (κ2) is 5.34. The summed E-state index contributed by atoms with van der Waals surface area (Å²) in [6.45, 7) is 6.71. The third-order valence-electron chi connectivity index (χ3n) is 2.26. The summed E-state index contributed by atoms with van der Waals surface area (Å²) in [4.78, 5) is 13.4. The van der Waals surface area contributed by atoms with Crippen LogP contribution in [0.25, 0.3) is 0 Å². The normalized spacial score (nSPS) is 24.5. The van der Waals surface area contributed by atoms with Gasteiger partial charge in [0.2, 0.25) is 0 Å². The molecule has 0 spiro atoms. The molecule has 4 heteroatoms. The maximum Gasteiger partial charge on any atom is 0.410 e. The highest BCUT2D eigenvalue weighted by Gasteiger charge is 2.21. The van der Waals surface area contributed by atoms with Crippen molar-refractivity contribution in [2.75, 3.05) is 13.1 Å². The molecule has 0 aromatic carbocycles. The first-order valence-electron chi connectivity index (χ1n) is 5.71. The van der Waals surface area contributed by atoms with Gasteiger partial charge in [0.05, 0.1) is 6.10 Å². The predicted octanol–water partition coefficient (Wildman–Crippen LogP) is 1.93. The lowest BCUT2D eigenvalue weighted by molar-refractivity contribution is 0.0259. The molecule has 1 N–H and O–H groups in total. The molecule has 4 nitrogen and oxygen atoms in total. The lowest BCUT2D eigenvalue weighted by Crippen LogP contribution is -2.38. The van der Waals surface area contributed by atoms with E-state index in [0.717, 1.165) is 6.42 Å². The topological polar surface area (TPSA) is 49.8 Å². The molecule has 1 atom stereocenters. The molecule has 1 amide bonds. The van der Waals surface area contributed by atoms with E-state index < -0.39 is 5.60 Å². The van der Waals surface area contributed by atoms with Crippen LogP contribution in [0.4, 0.5) is 4.79 Å². The number of ether oxygens (including phenoxy) is 1. The largest absolute Gasteiger partial charge is 0.444 e. The highest BCUT2D eigenvalue weighted by molar-refractivity contribution is 5.68. The van der Waals surface area contributed by atoms with E-state index in [-0.39, 0.29) is 12.2 Å². The first-order chi connectivity index (χ1) is 7.38. The Morgan fingerprint density at radius 2 is 2.19 bits per heavy atom. The van der Waals surface area contributed by atoms with E-state index in [1.807, 2.05) is 26.8 Å². The zero-order chi connectivity index (χ0) is 12.2. The van der Waals surface area contributed by atoms with Gasteiger partial charge < -0.3 is 14.7 Å². The standard InChI is InChI=1S/C12H21NO3/c1-12(2,3)16-11(15)13-8-4-6-10(14)7-5-9-13/h4,6,10,14H,5,7-9H2,1-3H3/b6-4-. The van der Waals surface area contributed by atoms with E-state index in [1.165, 1.54) is 0 Å². The van der Waals surface area contributed by atoms with Gasteiger partial charge in [-0.05, 0) is 33.6 Å². The van der Waals surface area contributed by atoms with Gasteiger partial charge in [-0.15, -0.1) is 0 Å². The van der Waals surface area contributed by atoms with E-state index in [0.29, 0.717) is 19.5 Å². The number of rotatable bonds is 0. The smallest absolute Gasteiger partial charge is 0.410 e. The van der Waals surface area contributed by atoms with Crippen LogP contribution in [0.3, 0.4) is 0 Å². The zero-order valence-corrected chi connectivity index (χ0v) is 10.3. The van der Waals surface area contributed by atoms with Crippen LogP contribution in [-0.2, 0) is 4.74 Å². The average molecular weight is 227 g/mol. The molecule has 16 heavy (non-hydrogen) atoms. The maximum absolute atomic E-state index is 11.8. The van der Waals surface area contributed by atoms with Gasteiger partial charge in [0.1, 0.15) is 5.60 Å². The predicted molar refractivity (Wildman–Crippen MR) is 62.2 cm³/mol. The molecule has 1 unspecified atom stereocenters. The molecule has 0 radical (unpaired) electrons. The summed E-state index contributed by atoms with van der Waals surface area (Å²) in [5, 5.41) is 9.40. The highest BCUT2D eigenvalue weighted by Crippen LogP contribution is 2.12. The number of hydrogen-bond donors (Lipinski definition) is 1. The molecule has 1 rings (SSSR count). The molecule has 92 valence electrons. The van der Waals surface area contributed by atoms with Crippen LogP contribution >= 0.6 is 0 Å². The number of hydrogen-bond acceptors (Lipinski definition) is 3. The molecule has 0 aliphatic carbocycles. The van der Waals surface area contributed by atoms with Crippen LogP contribution in [0.2, 0.25) is 0 Å². The Balaban J connectivity index is 2.53. The van der Waals surface area contributed by atoms with Crippen molar-refractivity contribution in [1.82, 2.24) is 4.90 Å². The van der Waals surface area contributed by atoms with Crippen LogP contribution < -0.4 is 0 Å². The summed E-state index contributed by atoms with van der Waals surface area (Å²) in [7, 11) is 0. The van der Waals surface area contributed by atoms with E-state index in [9.17, 15) is 9.90 Å². The first kappa shape index (κ1) is 13.0. The van der Waals surface area contributed by atoms with Gasteiger partial charge in [0, 0.05) is 13.1 Å². The lowest BCUT2D eigenvalue weighted by atomic mass is 10.1. The maximum atomic E-state index is 11.8. The molecule has 1 aliphatic rings. The van der Waals surface area contributed by atoms with Gasteiger partial charge in [-0.3, -0.25) is 0 Å². The Morgan fingerprint density at radius 1 is 1.50 bits per heavy atom. The molecule has 0 saturated heterocycles. The summed E-state index contributed by atoms with van der Waals surface area (Å²) in [6, 6.07) is 0. The molecule has 0 saturated carbocycles. The Labute approximate surface area is 96.9 Å². The van der Waals surface area contributed by atoms with Gasteiger partial charge in [0.15, 0.2) is 0 Å². The van der Waals surface area contributed by atoms with Crippen LogP contribution in [0.1, 0.15) is 33.6 Å². The SMILES string of the molecule is CC(C)(C)OC(=O)N1C/C=C\C(O)CCC1. The van der Waals surface area contributed by atoms with Gasteiger partial charge in [-0.1, -0.05) is 12.2 Å². The number of carbonyl (C=O) groups excluding carboxylic acids is 1. The summed E-state index contributed by atoms with van der Waals surface area (Å²) < 4.78 is 5.29. The van der Waals surface area contributed by atoms with Crippen LogP contribution in [0.5, 0.6) is 0 Å². The van der Waals surface area contributed by atoms with Crippen molar-refractivity contribution in [3.05, 3.63) is 12.2 Å². The fourth-order valence-electron chi connectivity index (χ4n) is 1.52. The number of amides is 1. The van der Waals surface area contributed by atoms with Crippen molar-refractivity contribution < 1.29 is 14.6 Å². The summed E-state index contributed by atoms with van der Waals surface area (Å²) in [6.07, 6.45) is 4.37. The minimum Gasteiger partial charge on any atom is -0.444 e. The van der Waals surface area contributed by atoms with E-state index >= 15 is 0 Å². The van der Waals surface area contributed by atoms with Crippen LogP contribution in [-0.4, -0.2) is 40.9 Å². The summed E-state index contributed by atoms with van der Waals surface area (Å²) in [5.41, 5.74) is -0.456. The number of carbonyl (C=O) groups is 1. The van der Waals surface area contributed by atoms with Gasteiger partial charge in [-0.2, -0.15) is 0 Å². The third kappa shape index (κ3) is 4.66. The summed E-state index contributed by atoms with van der Waals surface area (Å²) in [5.74, 6) is 0. The molecule has 1 aliphatic heterocycles. The molecule has 0 bridgehead atoms. The van der Waals surface area contributed by atoms with Crippen molar-refractivity contribution in [2.45, 2.75) is 45.3 Å². The molecule has 1 heterocycles. The van der Waals surface area contributed by atoms with Gasteiger partial charge in [0.25, 0.3) is 0 Å². The number of aliphatic hydroxyl groups is 1. The van der Waals surface area contributed by atoms with Crippen LogP contribution in [0.15, 0.2) is 12.2 Å². The quantitative estimate of drug-likeness (QED) is 0.643. The van der Waals surface area contributed by atoms with Crippen LogP contribution in [0, 0.1) is 0 Å². The molecule has 0 fully saturated rings. The molecular weight excluding hydrogens is 206 g/mol. The molecular formula is C12H21NO3.